The molecule has 1 aliphatic heterocycles. The summed E-state index contributed by atoms with van der Waals surface area (Å²) >= 11 is 12.3. The van der Waals surface area contributed by atoms with Crippen LogP contribution in [0.15, 0.2) is 36.4 Å². The Hall–Kier alpha value is -1.80. The largest absolute Gasteiger partial charge is 0.492 e. The summed E-state index contributed by atoms with van der Waals surface area (Å²) in [5.74, 6) is -0.0920. The second-order valence-corrected chi connectivity index (χ2v) is 10.8. The van der Waals surface area contributed by atoms with E-state index in [4.69, 9.17) is 27.9 Å². The first kappa shape index (κ1) is 24.8. The van der Waals surface area contributed by atoms with Crippen LogP contribution < -0.4 is 10.1 Å². The van der Waals surface area contributed by atoms with Gasteiger partial charge in [-0.1, -0.05) is 35.3 Å². The Labute approximate surface area is 199 Å². The highest BCUT2D eigenvalue weighted by molar-refractivity contribution is 7.88. The number of hydrogen-bond donors (Lipinski definition) is 1. The van der Waals surface area contributed by atoms with Gasteiger partial charge in [-0.05, 0) is 62.1 Å². The third kappa shape index (κ3) is 6.38. The van der Waals surface area contributed by atoms with Crippen LogP contribution in [0.4, 0.5) is 0 Å². The SMILES string of the molecule is Cc1ccc(OCCNC(=O)[C@@H]2CCCN(S(=O)(=O)Cc3c(Cl)cccc3Cl)C2)cc1C. The van der Waals surface area contributed by atoms with Gasteiger partial charge in [0.2, 0.25) is 15.9 Å². The number of hydrogen-bond acceptors (Lipinski definition) is 4. The normalized spacial score (nSPS) is 17.2. The predicted octanol–water partition coefficient (Wildman–Crippen LogP) is 4.35. The molecule has 0 spiro atoms. The van der Waals surface area contributed by atoms with Gasteiger partial charge >= 0.3 is 0 Å². The molecule has 174 valence electrons. The molecule has 1 amide bonds. The summed E-state index contributed by atoms with van der Waals surface area (Å²) in [6, 6.07) is 10.8. The lowest BCUT2D eigenvalue weighted by Gasteiger charge is -2.31. The first-order valence-electron chi connectivity index (χ1n) is 10.6. The third-order valence-corrected chi connectivity index (χ3v) is 8.17. The maximum atomic E-state index is 13.0. The summed E-state index contributed by atoms with van der Waals surface area (Å²) in [7, 11) is -3.66. The number of nitrogens with one attached hydrogen (secondary N) is 1. The molecular weight excluding hydrogens is 471 g/mol. The summed E-state index contributed by atoms with van der Waals surface area (Å²) in [5.41, 5.74) is 2.72. The molecule has 0 unspecified atom stereocenters. The molecule has 0 aliphatic carbocycles. The molecule has 1 fully saturated rings. The lowest BCUT2D eigenvalue weighted by Crippen LogP contribution is -2.46. The molecule has 1 saturated heterocycles. The Kier molecular flexibility index (Phi) is 8.44. The molecule has 32 heavy (non-hydrogen) atoms. The van der Waals surface area contributed by atoms with Gasteiger partial charge in [-0.2, -0.15) is 0 Å². The number of benzene rings is 2. The number of nitrogens with zero attached hydrogens (tertiary/aromatic N) is 1. The van der Waals surface area contributed by atoms with Gasteiger partial charge in [-0.25, -0.2) is 12.7 Å². The molecule has 1 N–H and O–H groups in total. The molecule has 9 heteroatoms. The number of piperidine rings is 1. The van der Waals surface area contributed by atoms with E-state index < -0.39 is 15.9 Å². The van der Waals surface area contributed by atoms with Crippen LogP contribution in [-0.4, -0.2) is 44.9 Å². The highest BCUT2D eigenvalue weighted by Gasteiger charge is 2.33. The van der Waals surface area contributed by atoms with E-state index in [0.29, 0.717) is 48.1 Å². The van der Waals surface area contributed by atoms with Gasteiger partial charge in [0.05, 0.1) is 18.2 Å². The average molecular weight is 499 g/mol. The van der Waals surface area contributed by atoms with Crippen molar-refractivity contribution in [2.45, 2.75) is 32.4 Å². The Bertz CT molecular complexity index is 1060. The summed E-state index contributed by atoms with van der Waals surface area (Å²) in [6.45, 7) is 5.28. The Balaban J connectivity index is 1.52. The highest BCUT2D eigenvalue weighted by atomic mass is 35.5. The first-order valence-corrected chi connectivity index (χ1v) is 12.9. The molecular formula is C23H28Cl2N2O4S. The second kappa shape index (κ2) is 10.9. The second-order valence-electron chi connectivity index (χ2n) is 8.04. The fraction of sp³-hybridized carbons (Fsp3) is 0.435. The minimum absolute atomic E-state index is 0.147. The van der Waals surface area contributed by atoms with Gasteiger partial charge in [-0.15, -0.1) is 0 Å². The molecule has 1 heterocycles. The van der Waals surface area contributed by atoms with Crippen molar-refractivity contribution in [3.63, 3.8) is 0 Å². The minimum atomic E-state index is -3.66. The van der Waals surface area contributed by atoms with Crippen LogP contribution in [0, 0.1) is 19.8 Å². The lowest BCUT2D eigenvalue weighted by molar-refractivity contribution is -0.126. The van der Waals surface area contributed by atoms with Gasteiger partial charge < -0.3 is 10.1 Å². The van der Waals surface area contributed by atoms with E-state index >= 15 is 0 Å². The molecule has 3 rings (SSSR count). The van der Waals surface area contributed by atoms with Crippen LogP contribution in [0.5, 0.6) is 5.75 Å². The standard InChI is InChI=1S/C23H28Cl2N2O4S/c1-16-8-9-19(13-17(16)2)31-12-10-26-23(28)18-5-4-11-27(14-18)32(29,30)15-20-21(24)6-3-7-22(20)25/h3,6-9,13,18H,4-5,10-12,14-15H2,1-2H3,(H,26,28)/t18-/m1/s1. The Morgan fingerprint density at radius 2 is 1.88 bits per heavy atom. The summed E-state index contributed by atoms with van der Waals surface area (Å²) in [6.07, 6.45) is 1.26. The third-order valence-electron chi connectivity index (χ3n) is 5.69. The molecule has 2 aromatic rings. The Morgan fingerprint density at radius 3 is 2.56 bits per heavy atom. The fourth-order valence-electron chi connectivity index (χ4n) is 3.64. The summed E-state index contributed by atoms with van der Waals surface area (Å²) < 4.78 is 33.0. The number of ether oxygens (including phenoxy) is 1. The highest BCUT2D eigenvalue weighted by Crippen LogP contribution is 2.29. The van der Waals surface area contributed by atoms with Crippen molar-refractivity contribution in [1.29, 1.82) is 0 Å². The molecule has 0 aromatic heterocycles. The average Bonchev–Trinajstić information content (AvgIpc) is 2.76. The number of carbonyl (C=O) groups is 1. The predicted molar refractivity (Wildman–Crippen MR) is 128 cm³/mol. The summed E-state index contributed by atoms with van der Waals surface area (Å²) in [5, 5.41) is 3.49. The molecule has 0 radical (unpaired) electrons. The number of rotatable bonds is 8. The molecule has 0 saturated carbocycles. The fourth-order valence-corrected chi connectivity index (χ4v) is 6.01. The van der Waals surface area contributed by atoms with E-state index in [1.54, 1.807) is 18.2 Å². The lowest BCUT2D eigenvalue weighted by atomic mass is 9.99. The van der Waals surface area contributed by atoms with Crippen molar-refractivity contribution in [1.82, 2.24) is 9.62 Å². The van der Waals surface area contributed by atoms with Crippen LogP contribution in [-0.2, 0) is 20.6 Å². The van der Waals surface area contributed by atoms with Gasteiger partial charge in [0.25, 0.3) is 0 Å². The van der Waals surface area contributed by atoms with Crippen LogP contribution in [0.25, 0.3) is 0 Å². The van der Waals surface area contributed by atoms with Crippen molar-refractivity contribution >= 4 is 39.1 Å². The van der Waals surface area contributed by atoms with Crippen molar-refractivity contribution in [3.8, 4) is 5.75 Å². The van der Waals surface area contributed by atoms with Gasteiger partial charge in [-0.3, -0.25) is 4.79 Å². The molecule has 0 bridgehead atoms. The quantitative estimate of drug-likeness (QED) is 0.549. The zero-order chi connectivity index (χ0) is 23.3. The van der Waals surface area contributed by atoms with Crippen LogP contribution in [0.1, 0.15) is 29.5 Å². The Morgan fingerprint density at radius 1 is 1.16 bits per heavy atom. The van der Waals surface area contributed by atoms with Crippen LogP contribution in [0.3, 0.4) is 0 Å². The number of sulfonamides is 1. The van der Waals surface area contributed by atoms with E-state index in [0.717, 1.165) is 11.3 Å². The molecule has 1 atom stereocenters. The van der Waals surface area contributed by atoms with E-state index in [9.17, 15) is 13.2 Å². The van der Waals surface area contributed by atoms with E-state index in [-0.39, 0.29) is 18.2 Å². The van der Waals surface area contributed by atoms with E-state index in [1.165, 1.54) is 9.87 Å². The molecule has 2 aromatic carbocycles. The number of carbonyl (C=O) groups excluding carboxylic acids is 1. The molecule has 1 aliphatic rings. The van der Waals surface area contributed by atoms with Gasteiger partial charge in [0.1, 0.15) is 12.4 Å². The maximum absolute atomic E-state index is 13.0. The van der Waals surface area contributed by atoms with E-state index in [2.05, 4.69) is 5.32 Å². The monoisotopic (exact) mass is 498 g/mol. The number of amides is 1. The minimum Gasteiger partial charge on any atom is -0.492 e. The first-order chi connectivity index (χ1) is 15.2. The summed E-state index contributed by atoms with van der Waals surface area (Å²) in [4.78, 5) is 12.6. The van der Waals surface area contributed by atoms with Crippen molar-refractivity contribution < 1.29 is 17.9 Å². The van der Waals surface area contributed by atoms with Crippen LogP contribution >= 0.6 is 23.2 Å². The number of aryl methyl sites for hydroxylation is 2. The van der Waals surface area contributed by atoms with Gasteiger partial charge in [0, 0.05) is 28.7 Å². The zero-order valence-electron chi connectivity index (χ0n) is 18.2. The zero-order valence-corrected chi connectivity index (χ0v) is 20.6. The smallest absolute Gasteiger partial charge is 0.224 e. The molecule has 6 nitrogen and oxygen atoms in total. The number of halogens is 2. The topological polar surface area (TPSA) is 75.7 Å². The maximum Gasteiger partial charge on any atom is 0.224 e. The van der Waals surface area contributed by atoms with Crippen molar-refractivity contribution in [2.75, 3.05) is 26.2 Å². The van der Waals surface area contributed by atoms with Crippen LogP contribution in [0.2, 0.25) is 10.0 Å². The van der Waals surface area contributed by atoms with E-state index in [1.807, 2.05) is 32.0 Å². The van der Waals surface area contributed by atoms with Crippen molar-refractivity contribution in [3.05, 3.63) is 63.1 Å². The van der Waals surface area contributed by atoms with Crippen molar-refractivity contribution in [2.24, 2.45) is 5.92 Å². The van der Waals surface area contributed by atoms with Gasteiger partial charge in [0.15, 0.2) is 0 Å².